The van der Waals surface area contributed by atoms with Crippen molar-refractivity contribution in [3.63, 3.8) is 0 Å². The van der Waals surface area contributed by atoms with Gasteiger partial charge in [0.05, 0.1) is 0 Å². The fraction of sp³-hybridized carbons (Fsp3) is 1.00. The van der Waals surface area contributed by atoms with E-state index in [4.69, 9.17) is 0 Å². The Balaban J connectivity index is 2.97. The van der Waals surface area contributed by atoms with Gasteiger partial charge in [-0.1, -0.05) is 46.0 Å². The van der Waals surface area contributed by atoms with Crippen LogP contribution < -0.4 is 0 Å². The van der Waals surface area contributed by atoms with E-state index < -0.39 is 6.17 Å². The molecule has 0 fully saturated rings. The number of rotatable bonds is 7. The van der Waals surface area contributed by atoms with Crippen LogP contribution in [0, 0.1) is 0 Å². The largest absolute Gasteiger partial charge is 0.247 e. The van der Waals surface area contributed by atoms with Crippen molar-refractivity contribution in [2.75, 3.05) is 0 Å². The molecule has 0 N–H and O–H groups in total. The maximum atomic E-state index is 12.8. The average molecular weight is 160 g/mol. The third kappa shape index (κ3) is 7.83. The van der Waals surface area contributed by atoms with Gasteiger partial charge in [-0.15, -0.1) is 0 Å². The summed E-state index contributed by atoms with van der Waals surface area (Å²) in [4.78, 5) is 0. The summed E-state index contributed by atoms with van der Waals surface area (Å²) in [7, 11) is 0. The van der Waals surface area contributed by atoms with Gasteiger partial charge in [-0.2, -0.15) is 0 Å². The lowest BCUT2D eigenvalue weighted by Crippen LogP contribution is -1.98. The van der Waals surface area contributed by atoms with E-state index in [1.54, 1.807) is 0 Å². The Morgan fingerprint density at radius 2 is 1.64 bits per heavy atom. The molecule has 11 heavy (non-hydrogen) atoms. The van der Waals surface area contributed by atoms with Gasteiger partial charge in [-0.3, -0.25) is 0 Å². The lowest BCUT2D eigenvalue weighted by Gasteiger charge is -2.04. The Morgan fingerprint density at radius 1 is 0.909 bits per heavy atom. The lowest BCUT2D eigenvalue weighted by molar-refractivity contribution is 0.285. The molecule has 0 aliphatic carbocycles. The molecule has 0 bridgehead atoms. The Hall–Kier alpha value is -0.0700. The molecule has 0 nitrogen and oxygen atoms in total. The second-order valence-corrected chi connectivity index (χ2v) is 3.24. The van der Waals surface area contributed by atoms with Crippen molar-refractivity contribution >= 4 is 0 Å². The summed E-state index contributed by atoms with van der Waals surface area (Å²) < 4.78 is 12.8. The number of unbranched alkanes of at least 4 members (excludes halogenated alkanes) is 3. The van der Waals surface area contributed by atoms with E-state index in [9.17, 15) is 4.39 Å². The highest BCUT2D eigenvalue weighted by Gasteiger charge is 2.02. The van der Waals surface area contributed by atoms with Crippen molar-refractivity contribution in [1.82, 2.24) is 0 Å². The van der Waals surface area contributed by atoms with E-state index in [-0.39, 0.29) is 0 Å². The number of hydrogen-bond acceptors (Lipinski definition) is 0. The van der Waals surface area contributed by atoms with E-state index in [1.807, 2.05) is 6.92 Å². The minimum absolute atomic E-state index is 0.531. The third-order valence-corrected chi connectivity index (χ3v) is 1.97. The maximum Gasteiger partial charge on any atom is 0.100 e. The van der Waals surface area contributed by atoms with Crippen LogP contribution in [0.2, 0.25) is 0 Å². The van der Waals surface area contributed by atoms with E-state index >= 15 is 0 Å². The Morgan fingerprint density at radius 3 is 2.18 bits per heavy atom. The summed E-state index contributed by atoms with van der Waals surface area (Å²) in [5.74, 6) is 0. The molecule has 0 saturated heterocycles. The van der Waals surface area contributed by atoms with Crippen molar-refractivity contribution in [2.45, 2.75) is 65.0 Å². The molecule has 0 aromatic carbocycles. The van der Waals surface area contributed by atoms with Crippen molar-refractivity contribution < 1.29 is 4.39 Å². The second-order valence-electron chi connectivity index (χ2n) is 3.24. The van der Waals surface area contributed by atoms with Gasteiger partial charge < -0.3 is 0 Å². The summed E-state index contributed by atoms with van der Waals surface area (Å²) in [6.45, 7) is 4.22. The summed E-state index contributed by atoms with van der Waals surface area (Å²) in [5, 5.41) is 0. The highest BCUT2D eigenvalue weighted by Crippen LogP contribution is 2.11. The van der Waals surface area contributed by atoms with Gasteiger partial charge in [-0.25, -0.2) is 4.39 Å². The fourth-order valence-electron chi connectivity index (χ4n) is 1.25. The number of alkyl halides is 1. The Kier molecular flexibility index (Phi) is 7.98. The fourth-order valence-corrected chi connectivity index (χ4v) is 1.25. The first-order chi connectivity index (χ1) is 5.31. The van der Waals surface area contributed by atoms with Crippen LogP contribution in [0.3, 0.4) is 0 Å². The molecule has 0 aliphatic heterocycles. The molecule has 0 aromatic rings. The molecule has 0 radical (unpaired) electrons. The van der Waals surface area contributed by atoms with Gasteiger partial charge in [0.25, 0.3) is 0 Å². The SMILES string of the molecule is CCCCCC[C@H](F)CCC. The summed E-state index contributed by atoms with van der Waals surface area (Å²) in [6, 6.07) is 0. The standard InChI is InChI=1S/C10H21F/c1-3-5-6-7-9-10(11)8-4-2/h10H,3-9H2,1-2H3/t10-/m1/s1. The van der Waals surface area contributed by atoms with Gasteiger partial charge in [-0.05, 0) is 12.8 Å². The second kappa shape index (κ2) is 8.03. The molecule has 1 atom stereocenters. The Bertz CT molecular complexity index is 71.3. The smallest absolute Gasteiger partial charge is 0.100 e. The van der Waals surface area contributed by atoms with Crippen LogP contribution in [0.15, 0.2) is 0 Å². The van der Waals surface area contributed by atoms with Crippen LogP contribution in [0.5, 0.6) is 0 Å². The molecule has 0 amide bonds. The lowest BCUT2D eigenvalue weighted by atomic mass is 10.1. The van der Waals surface area contributed by atoms with E-state index in [0.717, 1.165) is 25.7 Å². The predicted molar refractivity (Wildman–Crippen MR) is 48.6 cm³/mol. The van der Waals surface area contributed by atoms with E-state index in [1.165, 1.54) is 19.3 Å². The first-order valence-corrected chi connectivity index (χ1v) is 4.95. The topological polar surface area (TPSA) is 0 Å². The molecule has 0 unspecified atom stereocenters. The molecule has 68 valence electrons. The predicted octanol–water partition coefficient (Wildman–Crippen LogP) is 4.10. The average Bonchev–Trinajstić information content (AvgIpc) is 1.99. The molecule has 0 spiro atoms. The summed E-state index contributed by atoms with van der Waals surface area (Å²) in [5.41, 5.74) is 0. The van der Waals surface area contributed by atoms with Crippen molar-refractivity contribution in [2.24, 2.45) is 0 Å². The van der Waals surface area contributed by atoms with Crippen LogP contribution in [0.4, 0.5) is 4.39 Å². The minimum Gasteiger partial charge on any atom is -0.247 e. The van der Waals surface area contributed by atoms with Crippen LogP contribution >= 0.6 is 0 Å². The molecule has 0 heterocycles. The first-order valence-electron chi connectivity index (χ1n) is 4.95. The molecule has 0 aliphatic rings. The summed E-state index contributed by atoms with van der Waals surface area (Å²) in [6.07, 6.45) is 6.78. The van der Waals surface area contributed by atoms with Gasteiger partial charge in [0.15, 0.2) is 0 Å². The van der Waals surface area contributed by atoms with Crippen LogP contribution in [0.1, 0.15) is 58.8 Å². The highest BCUT2D eigenvalue weighted by atomic mass is 19.1. The van der Waals surface area contributed by atoms with Gasteiger partial charge in [0.1, 0.15) is 6.17 Å². The van der Waals surface area contributed by atoms with Gasteiger partial charge in [0.2, 0.25) is 0 Å². The highest BCUT2D eigenvalue weighted by molar-refractivity contribution is 4.55. The van der Waals surface area contributed by atoms with Crippen molar-refractivity contribution in [3.05, 3.63) is 0 Å². The number of halogens is 1. The molecular formula is C10H21F. The quantitative estimate of drug-likeness (QED) is 0.492. The van der Waals surface area contributed by atoms with Crippen LogP contribution in [-0.4, -0.2) is 6.17 Å². The van der Waals surface area contributed by atoms with Crippen LogP contribution in [0.25, 0.3) is 0 Å². The number of hydrogen-bond donors (Lipinski definition) is 0. The van der Waals surface area contributed by atoms with Gasteiger partial charge in [0, 0.05) is 0 Å². The molecule has 0 aromatic heterocycles. The van der Waals surface area contributed by atoms with Gasteiger partial charge >= 0.3 is 0 Å². The van der Waals surface area contributed by atoms with Crippen LogP contribution in [-0.2, 0) is 0 Å². The maximum absolute atomic E-state index is 12.8. The zero-order valence-electron chi connectivity index (χ0n) is 7.91. The normalized spacial score (nSPS) is 13.4. The monoisotopic (exact) mass is 160 g/mol. The zero-order valence-corrected chi connectivity index (χ0v) is 7.91. The molecular weight excluding hydrogens is 139 g/mol. The van der Waals surface area contributed by atoms with Crippen molar-refractivity contribution in [1.29, 1.82) is 0 Å². The Labute approximate surface area is 70.2 Å². The minimum atomic E-state index is -0.531. The molecule has 1 heteroatoms. The zero-order chi connectivity index (χ0) is 8.53. The third-order valence-electron chi connectivity index (χ3n) is 1.97. The molecule has 0 saturated carbocycles. The van der Waals surface area contributed by atoms with Crippen molar-refractivity contribution in [3.8, 4) is 0 Å². The molecule has 0 rings (SSSR count). The summed E-state index contributed by atoms with van der Waals surface area (Å²) >= 11 is 0. The first kappa shape index (κ1) is 10.9. The van der Waals surface area contributed by atoms with E-state index in [2.05, 4.69) is 6.92 Å². The van der Waals surface area contributed by atoms with E-state index in [0.29, 0.717) is 0 Å².